The molecule has 1 aliphatic carbocycles. The van der Waals surface area contributed by atoms with E-state index in [1.807, 2.05) is 6.07 Å². The van der Waals surface area contributed by atoms with Crippen LogP contribution in [0, 0.1) is 0 Å². The van der Waals surface area contributed by atoms with Crippen molar-refractivity contribution < 1.29 is 4.79 Å². The molecule has 0 bridgehead atoms. The maximum atomic E-state index is 11.7. The summed E-state index contributed by atoms with van der Waals surface area (Å²) in [6, 6.07) is 6.62. The Hall–Kier alpha value is -1.55. The number of rotatable bonds is 4. The molecular formula is C15H21N3O. The van der Waals surface area contributed by atoms with Gasteiger partial charge in [-0.1, -0.05) is 6.07 Å². The standard InChI is InChI=1S/C15H21N3O/c16-13-2-1-11-5-7-18(10-12(11)9-13)8-6-15(19)17-14-3-4-14/h1-2,9,14H,3-8,10,16H2,(H,17,19). The Morgan fingerprint density at radius 2 is 2.21 bits per heavy atom. The largest absolute Gasteiger partial charge is 0.399 e. The predicted molar refractivity (Wildman–Crippen MR) is 75.6 cm³/mol. The molecule has 102 valence electrons. The van der Waals surface area contributed by atoms with Crippen molar-refractivity contribution in [2.24, 2.45) is 0 Å². The maximum Gasteiger partial charge on any atom is 0.221 e. The molecule has 4 heteroatoms. The molecule has 1 aromatic rings. The Balaban J connectivity index is 1.51. The van der Waals surface area contributed by atoms with Gasteiger partial charge in [0, 0.05) is 37.8 Å². The maximum absolute atomic E-state index is 11.7. The number of nitrogens with zero attached hydrogens (tertiary/aromatic N) is 1. The molecule has 0 saturated heterocycles. The lowest BCUT2D eigenvalue weighted by molar-refractivity contribution is -0.121. The lowest BCUT2D eigenvalue weighted by Gasteiger charge is -2.28. The third-order valence-corrected chi connectivity index (χ3v) is 3.92. The summed E-state index contributed by atoms with van der Waals surface area (Å²) in [4.78, 5) is 14.0. The number of carbonyl (C=O) groups excluding carboxylic acids is 1. The van der Waals surface area contributed by atoms with E-state index < -0.39 is 0 Å². The number of nitrogen functional groups attached to an aromatic ring is 1. The zero-order valence-electron chi connectivity index (χ0n) is 11.2. The third kappa shape index (κ3) is 3.26. The Kier molecular flexibility index (Phi) is 3.42. The summed E-state index contributed by atoms with van der Waals surface area (Å²) in [6.07, 6.45) is 3.97. The first kappa shape index (κ1) is 12.5. The fourth-order valence-electron chi connectivity index (χ4n) is 2.61. The van der Waals surface area contributed by atoms with Gasteiger partial charge in [-0.2, -0.15) is 0 Å². The first-order chi connectivity index (χ1) is 9.20. The Morgan fingerprint density at radius 3 is 3.00 bits per heavy atom. The van der Waals surface area contributed by atoms with Gasteiger partial charge in [-0.15, -0.1) is 0 Å². The lowest BCUT2D eigenvalue weighted by Crippen LogP contribution is -2.35. The number of nitrogens with one attached hydrogen (secondary N) is 1. The third-order valence-electron chi connectivity index (χ3n) is 3.92. The van der Waals surface area contributed by atoms with Crippen LogP contribution >= 0.6 is 0 Å². The molecular weight excluding hydrogens is 238 g/mol. The molecule has 1 fully saturated rings. The smallest absolute Gasteiger partial charge is 0.221 e. The second kappa shape index (κ2) is 5.21. The molecule has 0 atom stereocenters. The van der Waals surface area contributed by atoms with Gasteiger partial charge in [-0.3, -0.25) is 9.69 Å². The van der Waals surface area contributed by atoms with Crippen molar-refractivity contribution in [3.63, 3.8) is 0 Å². The molecule has 3 rings (SSSR count). The van der Waals surface area contributed by atoms with Crippen LogP contribution in [0.1, 0.15) is 30.4 Å². The highest BCUT2D eigenvalue weighted by Crippen LogP contribution is 2.22. The number of carbonyl (C=O) groups is 1. The van der Waals surface area contributed by atoms with Gasteiger partial charge in [0.15, 0.2) is 0 Å². The normalized spacial score (nSPS) is 18.9. The van der Waals surface area contributed by atoms with E-state index in [0.29, 0.717) is 12.5 Å². The van der Waals surface area contributed by atoms with Crippen molar-refractivity contribution in [2.75, 3.05) is 18.8 Å². The van der Waals surface area contributed by atoms with Crippen LogP contribution in [0.4, 0.5) is 5.69 Å². The van der Waals surface area contributed by atoms with E-state index in [-0.39, 0.29) is 5.91 Å². The molecule has 0 aromatic heterocycles. The van der Waals surface area contributed by atoms with Crippen LogP contribution in [0.2, 0.25) is 0 Å². The zero-order chi connectivity index (χ0) is 13.2. The van der Waals surface area contributed by atoms with Gasteiger partial charge in [-0.05, 0) is 42.5 Å². The number of fused-ring (bicyclic) bond motifs is 1. The minimum Gasteiger partial charge on any atom is -0.399 e. The van der Waals surface area contributed by atoms with Gasteiger partial charge in [0.2, 0.25) is 5.91 Å². The Morgan fingerprint density at radius 1 is 1.37 bits per heavy atom. The van der Waals surface area contributed by atoms with Crippen molar-refractivity contribution in [1.82, 2.24) is 10.2 Å². The van der Waals surface area contributed by atoms with Crippen molar-refractivity contribution in [3.05, 3.63) is 29.3 Å². The highest BCUT2D eigenvalue weighted by molar-refractivity contribution is 5.76. The average Bonchev–Trinajstić information content (AvgIpc) is 3.19. The summed E-state index contributed by atoms with van der Waals surface area (Å²) in [7, 11) is 0. The van der Waals surface area contributed by atoms with E-state index in [0.717, 1.165) is 44.6 Å². The number of hydrogen-bond acceptors (Lipinski definition) is 3. The highest BCUT2D eigenvalue weighted by atomic mass is 16.1. The second-order valence-corrected chi connectivity index (χ2v) is 5.65. The van der Waals surface area contributed by atoms with Crippen LogP contribution in [0.15, 0.2) is 18.2 Å². The van der Waals surface area contributed by atoms with Crippen molar-refractivity contribution in [2.45, 2.75) is 38.3 Å². The van der Waals surface area contributed by atoms with E-state index in [1.54, 1.807) is 0 Å². The van der Waals surface area contributed by atoms with Crippen LogP contribution in [-0.2, 0) is 17.8 Å². The quantitative estimate of drug-likeness (QED) is 0.801. The van der Waals surface area contributed by atoms with Crippen LogP contribution < -0.4 is 11.1 Å². The summed E-state index contributed by atoms with van der Waals surface area (Å²) in [6.45, 7) is 2.79. The van der Waals surface area contributed by atoms with Gasteiger partial charge in [0.25, 0.3) is 0 Å². The summed E-state index contributed by atoms with van der Waals surface area (Å²) in [5, 5.41) is 3.04. The van der Waals surface area contributed by atoms with E-state index in [9.17, 15) is 4.79 Å². The number of nitrogens with two attached hydrogens (primary N) is 1. The summed E-state index contributed by atoms with van der Waals surface area (Å²) >= 11 is 0. The Labute approximate surface area is 114 Å². The molecule has 1 heterocycles. The first-order valence-electron chi connectivity index (χ1n) is 7.10. The van der Waals surface area contributed by atoms with Crippen molar-refractivity contribution >= 4 is 11.6 Å². The molecule has 0 unspecified atom stereocenters. The highest BCUT2D eigenvalue weighted by Gasteiger charge is 2.23. The van der Waals surface area contributed by atoms with Gasteiger partial charge in [0.1, 0.15) is 0 Å². The van der Waals surface area contributed by atoms with E-state index in [2.05, 4.69) is 22.3 Å². The molecule has 4 nitrogen and oxygen atoms in total. The zero-order valence-corrected chi connectivity index (χ0v) is 11.2. The van der Waals surface area contributed by atoms with E-state index in [4.69, 9.17) is 5.73 Å². The van der Waals surface area contributed by atoms with Crippen LogP contribution in [0.3, 0.4) is 0 Å². The van der Waals surface area contributed by atoms with E-state index >= 15 is 0 Å². The van der Waals surface area contributed by atoms with Crippen molar-refractivity contribution in [3.8, 4) is 0 Å². The molecule has 1 aromatic carbocycles. The SMILES string of the molecule is Nc1ccc2c(c1)CN(CCC(=O)NC1CC1)CC2. The Bertz CT molecular complexity index is 482. The molecule has 3 N–H and O–H groups in total. The summed E-state index contributed by atoms with van der Waals surface area (Å²) in [5.74, 6) is 0.195. The number of benzene rings is 1. The minimum atomic E-state index is 0.195. The number of anilines is 1. The number of amides is 1. The molecule has 1 aliphatic heterocycles. The summed E-state index contributed by atoms with van der Waals surface area (Å²) in [5.41, 5.74) is 9.36. The van der Waals surface area contributed by atoms with Gasteiger partial charge < -0.3 is 11.1 Å². The molecule has 2 aliphatic rings. The fraction of sp³-hybridized carbons (Fsp3) is 0.533. The molecule has 0 spiro atoms. The minimum absolute atomic E-state index is 0.195. The van der Waals surface area contributed by atoms with Crippen LogP contribution in [-0.4, -0.2) is 29.9 Å². The molecule has 19 heavy (non-hydrogen) atoms. The van der Waals surface area contributed by atoms with Crippen LogP contribution in [0.25, 0.3) is 0 Å². The van der Waals surface area contributed by atoms with Gasteiger partial charge >= 0.3 is 0 Å². The predicted octanol–water partition coefficient (Wildman–Crippen LogP) is 1.30. The average molecular weight is 259 g/mol. The van der Waals surface area contributed by atoms with Gasteiger partial charge in [0.05, 0.1) is 0 Å². The molecule has 0 radical (unpaired) electrons. The lowest BCUT2D eigenvalue weighted by atomic mass is 9.99. The fourth-order valence-corrected chi connectivity index (χ4v) is 2.61. The number of hydrogen-bond donors (Lipinski definition) is 2. The topological polar surface area (TPSA) is 58.4 Å². The van der Waals surface area contributed by atoms with Gasteiger partial charge in [-0.25, -0.2) is 0 Å². The van der Waals surface area contributed by atoms with Crippen molar-refractivity contribution in [1.29, 1.82) is 0 Å². The van der Waals surface area contributed by atoms with Crippen LogP contribution in [0.5, 0.6) is 0 Å². The summed E-state index contributed by atoms with van der Waals surface area (Å²) < 4.78 is 0. The second-order valence-electron chi connectivity index (χ2n) is 5.65. The van der Waals surface area contributed by atoms with E-state index in [1.165, 1.54) is 11.1 Å². The molecule has 1 amide bonds. The monoisotopic (exact) mass is 259 g/mol. The molecule has 1 saturated carbocycles. The first-order valence-corrected chi connectivity index (χ1v) is 7.10.